The Morgan fingerprint density at radius 3 is 2.10 bits per heavy atom. The van der Waals surface area contributed by atoms with Crippen molar-refractivity contribution in [2.75, 3.05) is 23.7 Å². The third kappa shape index (κ3) is 8.96. The quantitative estimate of drug-likeness (QED) is 0.265. The SMILES string of the molecule is CCc1ccccc1N(CC(=O)N(Cc1c(Cl)cccc1Cl)[C@@H](Cc1ccccc1)C(=O)NCC(C)C)S(C)(=O)=O. The molecule has 3 rings (SSSR count). The van der Waals surface area contributed by atoms with Gasteiger partial charge in [-0.05, 0) is 41.7 Å². The molecule has 3 aromatic carbocycles. The predicted molar refractivity (Wildman–Crippen MR) is 167 cm³/mol. The van der Waals surface area contributed by atoms with Crippen molar-refractivity contribution in [2.45, 2.75) is 46.2 Å². The Labute approximate surface area is 253 Å². The van der Waals surface area contributed by atoms with Crippen molar-refractivity contribution in [3.8, 4) is 0 Å². The van der Waals surface area contributed by atoms with E-state index in [9.17, 15) is 18.0 Å². The van der Waals surface area contributed by atoms with Crippen LogP contribution in [0.4, 0.5) is 5.69 Å². The average Bonchev–Trinajstić information content (AvgIpc) is 2.93. The Balaban J connectivity index is 2.11. The highest BCUT2D eigenvalue weighted by Gasteiger charge is 2.34. The number of sulfonamides is 1. The number of anilines is 1. The highest BCUT2D eigenvalue weighted by atomic mass is 35.5. The van der Waals surface area contributed by atoms with E-state index in [2.05, 4.69) is 5.32 Å². The molecule has 0 radical (unpaired) electrons. The average molecular weight is 619 g/mol. The highest BCUT2D eigenvalue weighted by Crippen LogP contribution is 2.28. The van der Waals surface area contributed by atoms with E-state index in [1.54, 1.807) is 30.3 Å². The second kappa shape index (κ2) is 14.7. The van der Waals surface area contributed by atoms with Gasteiger partial charge in [-0.25, -0.2) is 8.42 Å². The third-order valence-corrected chi connectivity index (χ3v) is 8.50. The largest absolute Gasteiger partial charge is 0.354 e. The number of amides is 2. The summed E-state index contributed by atoms with van der Waals surface area (Å²) < 4.78 is 27.2. The van der Waals surface area contributed by atoms with Gasteiger partial charge in [-0.2, -0.15) is 0 Å². The van der Waals surface area contributed by atoms with Gasteiger partial charge in [-0.3, -0.25) is 13.9 Å². The molecule has 10 heteroatoms. The van der Waals surface area contributed by atoms with Gasteiger partial charge in [0.1, 0.15) is 12.6 Å². The van der Waals surface area contributed by atoms with Gasteiger partial charge in [-0.15, -0.1) is 0 Å². The Bertz CT molecular complexity index is 1430. The van der Waals surface area contributed by atoms with E-state index in [4.69, 9.17) is 23.2 Å². The summed E-state index contributed by atoms with van der Waals surface area (Å²) in [6.07, 6.45) is 1.85. The minimum Gasteiger partial charge on any atom is -0.354 e. The minimum absolute atomic E-state index is 0.0863. The number of hydrogen-bond acceptors (Lipinski definition) is 4. The fraction of sp³-hybridized carbons (Fsp3) is 0.355. The smallest absolute Gasteiger partial charge is 0.244 e. The monoisotopic (exact) mass is 617 g/mol. The van der Waals surface area contributed by atoms with E-state index in [-0.39, 0.29) is 24.8 Å². The Morgan fingerprint density at radius 1 is 0.902 bits per heavy atom. The zero-order chi connectivity index (χ0) is 30.2. The molecular weight excluding hydrogens is 581 g/mol. The number of para-hydroxylation sites is 1. The zero-order valence-electron chi connectivity index (χ0n) is 23.8. The Morgan fingerprint density at radius 2 is 1.51 bits per heavy atom. The van der Waals surface area contributed by atoms with Crippen LogP contribution in [0.15, 0.2) is 72.8 Å². The highest BCUT2D eigenvalue weighted by molar-refractivity contribution is 7.92. The number of aryl methyl sites for hydroxylation is 1. The maximum atomic E-state index is 14.2. The van der Waals surface area contributed by atoms with Crippen LogP contribution in [-0.4, -0.2) is 50.5 Å². The van der Waals surface area contributed by atoms with E-state index in [0.717, 1.165) is 21.7 Å². The van der Waals surface area contributed by atoms with Crippen LogP contribution in [0.3, 0.4) is 0 Å². The molecule has 7 nitrogen and oxygen atoms in total. The van der Waals surface area contributed by atoms with Crippen LogP contribution in [-0.2, 0) is 39.0 Å². The third-order valence-electron chi connectivity index (χ3n) is 6.67. The lowest BCUT2D eigenvalue weighted by Crippen LogP contribution is -2.53. The molecule has 0 unspecified atom stereocenters. The molecule has 0 heterocycles. The minimum atomic E-state index is -3.86. The molecule has 0 spiro atoms. The maximum Gasteiger partial charge on any atom is 0.244 e. The molecule has 0 aliphatic rings. The van der Waals surface area contributed by atoms with Crippen molar-refractivity contribution in [3.63, 3.8) is 0 Å². The number of carbonyl (C=O) groups is 2. The molecule has 1 N–H and O–H groups in total. The van der Waals surface area contributed by atoms with Crippen molar-refractivity contribution < 1.29 is 18.0 Å². The molecule has 0 aliphatic heterocycles. The van der Waals surface area contributed by atoms with Crippen LogP contribution in [0.2, 0.25) is 10.0 Å². The molecule has 220 valence electrons. The second-order valence-corrected chi connectivity index (χ2v) is 13.0. The Kier molecular flexibility index (Phi) is 11.6. The molecular formula is C31H37Cl2N3O4S. The van der Waals surface area contributed by atoms with Crippen molar-refractivity contribution >= 4 is 50.7 Å². The van der Waals surface area contributed by atoms with Crippen LogP contribution in [0, 0.1) is 5.92 Å². The van der Waals surface area contributed by atoms with E-state index in [1.807, 2.05) is 63.2 Å². The number of halogens is 2. The first-order chi connectivity index (χ1) is 19.4. The van der Waals surface area contributed by atoms with E-state index >= 15 is 0 Å². The van der Waals surface area contributed by atoms with Gasteiger partial charge in [0, 0.05) is 35.1 Å². The lowest BCUT2D eigenvalue weighted by molar-refractivity contribution is -0.140. The summed E-state index contributed by atoms with van der Waals surface area (Å²) in [7, 11) is -3.86. The van der Waals surface area contributed by atoms with Crippen LogP contribution in [0.1, 0.15) is 37.5 Å². The van der Waals surface area contributed by atoms with Crippen molar-refractivity contribution in [1.29, 1.82) is 0 Å². The van der Waals surface area contributed by atoms with Gasteiger partial charge in [0.25, 0.3) is 0 Å². The first-order valence-electron chi connectivity index (χ1n) is 13.5. The summed E-state index contributed by atoms with van der Waals surface area (Å²) in [5.74, 6) is -0.721. The fourth-order valence-electron chi connectivity index (χ4n) is 4.48. The van der Waals surface area contributed by atoms with Gasteiger partial charge >= 0.3 is 0 Å². The number of nitrogens with zero attached hydrogens (tertiary/aromatic N) is 2. The van der Waals surface area contributed by atoms with Gasteiger partial charge < -0.3 is 10.2 Å². The lowest BCUT2D eigenvalue weighted by Gasteiger charge is -2.34. The lowest BCUT2D eigenvalue weighted by atomic mass is 10.0. The Hall–Kier alpha value is -3.07. The molecule has 1 atom stereocenters. The van der Waals surface area contributed by atoms with E-state index < -0.39 is 28.5 Å². The second-order valence-electron chi connectivity index (χ2n) is 10.3. The molecule has 3 aromatic rings. The molecule has 0 bridgehead atoms. The number of rotatable bonds is 13. The summed E-state index contributed by atoms with van der Waals surface area (Å²) in [6, 6.07) is 20.5. The number of carbonyl (C=O) groups excluding carboxylic acids is 2. The standard InChI is InChI=1S/C31H37Cl2N3O4S/c1-5-24-14-9-10-17-28(24)36(41(4,39)40)21-30(37)35(20-25-26(32)15-11-16-27(25)33)29(31(38)34-19-22(2)3)18-23-12-7-6-8-13-23/h6-17,22,29H,5,18-21H2,1-4H3,(H,34,38)/t29-/m0/s1. The molecule has 0 fully saturated rings. The van der Waals surface area contributed by atoms with Crippen molar-refractivity contribution in [2.24, 2.45) is 5.92 Å². The van der Waals surface area contributed by atoms with Gasteiger partial charge in [-0.1, -0.05) is 98.6 Å². The van der Waals surface area contributed by atoms with Crippen LogP contribution in [0.5, 0.6) is 0 Å². The molecule has 2 amide bonds. The molecule has 0 aliphatic carbocycles. The van der Waals surface area contributed by atoms with Gasteiger partial charge in [0.2, 0.25) is 21.8 Å². The topological polar surface area (TPSA) is 86.8 Å². The molecule has 0 saturated heterocycles. The van der Waals surface area contributed by atoms with Crippen LogP contribution >= 0.6 is 23.2 Å². The van der Waals surface area contributed by atoms with Crippen LogP contribution in [0.25, 0.3) is 0 Å². The molecule has 41 heavy (non-hydrogen) atoms. The van der Waals surface area contributed by atoms with E-state index in [0.29, 0.717) is 34.3 Å². The number of hydrogen-bond donors (Lipinski definition) is 1. The maximum absolute atomic E-state index is 14.2. The molecule has 0 saturated carbocycles. The summed E-state index contributed by atoms with van der Waals surface area (Å²) >= 11 is 13.0. The van der Waals surface area contributed by atoms with E-state index in [1.165, 1.54) is 4.90 Å². The zero-order valence-corrected chi connectivity index (χ0v) is 26.1. The first kappa shape index (κ1) is 32.4. The number of nitrogens with one attached hydrogen (secondary N) is 1. The normalized spacial score (nSPS) is 12.2. The predicted octanol–water partition coefficient (Wildman–Crippen LogP) is 5.73. The summed E-state index contributed by atoms with van der Waals surface area (Å²) in [5, 5.41) is 3.64. The van der Waals surface area contributed by atoms with Gasteiger partial charge in [0.15, 0.2) is 0 Å². The summed E-state index contributed by atoms with van der Waals surface area (Å²) in [4.78, 5) is 29.3. The molecule has 0 aromatic heterocycles. The summed E-state index contributed by atoms with van der Waals surface area (Å²) in [6.45, 7) is 5.71. The van der Waals surface area contributed by atoms with Crippen molar-refractivity contribution in [3.05, 3.63) is 99.5 Å². The van der Waals surface area contributed by atoms with Crippen LogP contribution < -0.4 is 9.62 Å². The van der Waals surface area contributed by atoms with Crippen molar-refractivity contribution in [1.82, 2.24) is 10.2 Å². The fourth-order valence-corrected chi connectivity index (χ4v) is 5.88. The van der Waals surface area contributed by atoms with Gasteiger partial charge in [0.05, 0.1) is 11.9 Å². The number of benzene rings is 3. The first-order valence-corrected chi connectivity index (χ1v) is 16.1. The summed E-state index contributed by atoms with van der Waals surface area (Å²) in [5.41, 5.74) is 2.52.